The topological polar surface area (TPSA) is 97.4 Å². The average molecular weight is 378 g/mol. The zero-order valence-corrected chi connectivity index (χ0v) is 15.6. The standard InChI is InChI=1S/C19H22O8/c1-11-15(26-17(22)14-9-7-6-8-10-14)16(25-12(2)20)19(4,27-13(3)21)18(23-5)24-11/h6-10,15-16,18H,1H2,2-5H3/t15-,16+,18+,19-/m1/s1. The highest BCUT2D eigenvalue weighted by atomic mass is 16.7. The summed E-state index contributed by atoms with van der Waals surface area (Å²) >= 11 is 0. The lowest BCUT2D eigenvalue weighted by Crippen LogP contribution is -2.64. The van der Waals surface area contributed by atoms with Crippen LogP contribution in [0.15, 0.2) is 42.7 Å². The monoisotopic (exact) mass is 378 g/mol. The van der Waals surface area contributed by atoms with Gasteiger partial charge >= 0.3 is 17.9 Å². The van der Waals surface area contributed by atoms with Crippen LogP contribution in [0.2, 0.25) is 0 Å². The highest BCUT2D eigenvalue weighted by Gasteiger charge is 2.59. The summed E-state index contributed by atoms with van der Waals surface area (Å²) in [7, 11) is 1.33. The second-order valence-corrected chi connectivity index (χ2v) is 6.15. The van der Waals surface area contributed by atoms with Gasteiger partial charge in [0.1, 0.15) is 5.76 Å². The fourth-order valence-corrected chi connectivity index (χ4v) is 2.87. The molecule has 1 aliphatic heterocycles. The van der Waals surface area contributed by atoms with Crippen molar-refractivity contribution in [2.75, 3.05) is 7.11 Å². The van der Waals surface area contributed by atoms with Gasteiger partial charge in [0, 0.05) is 21.0 Å². The first-order valence-corrected chi connectivity index (χ1v) is 8.20. The van der Waals surface area contributed by atoms with E-state index in [1.807, 2.05) is 0 Å². The number of ether oxygens (including phenoxy) is 5. The number of rotatable bonds is 5. The number of carbonyl (C=O) groups is 3. The Morgan fingerprint density at radius 2 is 1.70 bits per heavy atom. The minimum absolute atomic E-state index is 0.00186. The molecule has 8 nitrogen and oxygen atoms in total. The van der Waals surface area contributed by atoms with Crippen molar-refractivity contribution in [2.45, 2.75) is 44.9 Å². The van der Waals surface area contributed by atoms with E-state index in [1.54, 1.807) is 30.3 Å². The summed E-state index contributed by atoms with van der Waals surface area (Å²) < 4.78 is 27.0. The van der Waals surface area contributed by atoms with Gasteiger partial charge in [0.05, 0.1) is 5.56 Å². The first kappa shape index (κ1) is 20.4. The normalized spacial score (nSPS) is 27.3. The van der Waals surface area contributed by atoms with E-state index >= 15 is 0 Å². The van der Waals surface area contributed by atoms with Gasteiger partial charge < -0.3 is 23.7 Å². The third-order valence-electron chi connectivity index (χ3n) is 4.00. The predicted molar refractivity (Wildman–Crippen MR) is 92.4 cm³/mol. The van der Waals surface area contributed by atoms with E-state index in [0.29, 0.717) is 0 Å². The number of methoxy groups -OCH3 is 1. The van der Waals surface area contributed by atoms with Gasteiger partial charge in [-0.3, -0.25) is 9.59 Å². The maximum atomic E-state index is 12.5. The lowest BCUT2D eigenvalue weighted by Gasteiger charge is -2.47. The Morgan fingerprint density at radius 1 is 1.07 bits per heavy atom. The second kappa shape index (κ2) is 8.22. The Bertz CT molecular complexity index is 728. The van der Waals surface area contributed by atoms with Gasteiger partial charge in [0.2, 0.25) is 11.9 Å². The number of hydrogen-bond donors (Lipinski definition) is 0. The molecule has 0 spiro atoms. The molecule has 4 atom stereocenters. The molecule has 1 heterocycles. The molecule has 0 bridgehead atoms. The van der Waals surface area contributed by atoms with Gasteiger partial charge in [-0.2, -0.15) is 0 Å². The smallest absolute Gasteiger partial charge is 0.338 e. The SMILES string of the molecule is C=C1O[C@H](OC)[C@](C)(OC(C)=O)[C@@H](OC(C)=O)[C@@H]1OC(=O)c1ccccc1. The molecule has 1 fully saturated rings. The van der Waals surface area contributed by atoms with Crippen molar-refractivity contribution in [2.24, 2.45) is 0 Å². The van der Waals surface area contributed by atoms with Crippen LogP contribution >= 0.6 is 0 Å². The van der Waals surface area contributed by atoms with Crippen LogP contribution in [0.5, 0.6) is 0 Å². The lowest BCUT2D eigenvalue weighted by molar-refractivity contribution is -0.289. The molecule has 27 heavy (non-hydrogen) atoms. The van der Waals surface area contributed by atoms with Gasteiger partial charge in [0.15, 0.2) is 12.2 Å². The maximum absolute atomic E-state index is 12.5. The van der Waals surface area contributed by atoms with E-state index in [4.69, 9.17) is 23.7 Å². The van der Waals surface area contributed by atoms with Crippen molar-refractivity contribution in [3.63, 3.8) is 0 Å². The first-order chi connectivity index (χ1) is 12.7. The molecule has 146 valence electrons. The minimum atomic E-state index is -1.57. The van der Waals surface area contributed by atoms with Crippen molar-refractivity contribution >= 4 is 17.9 Å². The highest BCUT2D eigenvalue weighted by molar-refractivity contribution is 5.89. The van der Waals surface area contributed by atoms with E-state index in [2.05, 4.69) is 6.58 Å². The third-order valence-corrected chi connectivity index (χ3v) is 4.00. The molecule has 0 unspecified atom stereocenters. The minimum Gasteiger partial charge on any atom is -0.461 e. The van der Waals surface area contributed by atoms with Crippen molar-refractivity contribution in [3.8, 4) is 0 Å². The second-order valence-electron chi connectivity index (χ2n) is 6.15. The van der Waals surface area contributed by atoms with Crippen LogP contribution in [-0.2, 0) is 33.3 Å². The van der Waals surface area contributed by atoms with Crippen LogP contribution < -0.4 is 0 Å². The van der Waals surface area contributed by atoms with Crippen molar-refractivity contribution < 1.29 is 38.1 Å². The molecule has 1 aromatic rings. The van der Waals surface area contributed by atoms with Crippen LogP contribution in [0, 0.1) is 0 Å². The molecule has 0 N–H and O–H groups in total. The number of esters is 3. The quantitative estimate of drug-likeness (QED) is 0.567. The number of carbonyl (C=O) groups excluding carboxylic acids is 3. The van der Waals surface area contributed by atoms with Crippen molar-refractivity contribution in [1.29, 1.82) is 0 Å². The fourth-order valence-electron chi connectivity index (χ4n) is 2.87. The van der Waals surface area contributed by atoms with E-state index in [9.17, 15) is 14.4 Å². The van der Waals surface area contributed by atoms with Crippen LogP contribution in [0.25, 0.3) is 0 Å². The zero-order valence-electron chi connectivity index (χ0n) is 15.6. The van der Waals surface area contributed by atoms with Gasteiger partial charge in [-0.15, -0.1) is 0 Å². The molecule has 2 rings (SSSR count). The largest absolute Gasteiger partial charge is 0.461 e. The van der Waals surface area contributed by atoms with Gasteiger partial charge in [0.25, 0.3) is 0 Å². The lowest BCUT2D eigenvalue weighted by atomic mass is 9.89. The highest BCUT2D eigenvalue weighted by Crippen LogP contribution is 2.38. The molecule has 0 saturated carbocycles. The molecule has 0 aliphatic carbocycles. The molecular weight excluding hydrogens is 356 g/mol. The predicted octanol–water partition coefficient (Wildman–Crippen LogP) is 1.98. The fraction of sp³-hybridized carbons (Fsp3) is 0.421. The molecular formula is C19H22O8. The average Bonchev–Trinajstić information content (AvgIpc) is 2.60. The Hall–Kier alpha value is -2.87. The molecule has 0 amide bonds. The molecule has 8 heteroatoms. The number of benzene rings is 1. The van der Waals surface area contributed by atoms with E-state index < -0.39 is 42.0 Å². The van der Waals surface area contributed by atoms with Gasteiger partial charge in [-0.05, 0) is 19.1 Å². The summed E-state index contributed by atoms with van der Waals surface area (Å²) in [4.78, 5) is 35.8. The van der Waals surface area contributed by atoms with Gasteiger partial charge in [-0.1, -0.05) is 24.8 Å². The van der Waals surface area contributed by atoms with Crippen LogP contribution in [0.1, 0.15) is 31.1 Å². The summed E-state index contributed by atoms with van der Waals surface area (Å²) in [5.41, 5.74) is -1.29. The molecule has 1 saturated heterocycles. The molecule has 0 radical (unpaired) electrons. The van der Waals surface area contributed by atoms with Crippen LogP contribution in [0.3, 0.4) is 0 Å². The van der Waals surface area contributed by atoms with E-state index in [0.717, 1.165) is 0 Å². The van der Waals surface area contributed by atoms with Crippen LogP contribution in [-0.4, -0.2) is 49.1 Å². The summed E-state index contributed by atoms with van der Waals surface area (Å²) in [6, 6.07) is 8.24. The number of hydrogen-bond acceptors (Lipinski definition) is 8. The van der Waals surface area contributed by atoms with Crippen molar-refractivity contribution in [1.82, 2.24) is 0 Å². The molecule has 0 aromatic heterocycles. The zero-order chi connectivity index (χ0) is 20.2. The first-order valence-electron chi connectivity index (χ1n) is 8.20. The summed E-state index contributed by atoms with van der Waals surface area (Å²) in [6.45, 7) is 7.57. The van der Waals surface area contributed by atoms with E-state index in [1.165, 1.54) is 27.9 Å². The molecule has 1 aliphatic rings. The summed E-state index contributed by atoms with van der Waals surface area (Å²) in [5, 5.41) is 0. The van der Waals surface area contributed by atoms with Crippen molar-refractivity contribution in [3.05, 3.63) is 48.2 Å². The molecule has 1 aromatic carbocycles. The maximum Gasteiger partial charge on any atom is 0.338 e. The Morgan fingerprint density at radius 3 is 2.22 bits per heavy atom. The summed E-state index contributed by atoms with van der Waals surface area (Å²) in [5.74, 6) is -1.99. The van der Waals surface area contributed by atoms with Crippen LogP contribution in [0.4, 0.5) is 0 Å². The Labute approximate surface area is 157 Å². The van der Waals surface area contributed by atoms with E-state index in [-0.39, 0.29) is 11.3 Å². The Kier molecular flexibility index (Phi) is 6.22. The summed E-state index contributed by atoms with van der Waals surface area (Å²) in [6.07, 6.45) is -3.56. The Balaban J connectivity index is 2.40. The van der Waals surface area contributed by atoms with Gasteiger partial charge in [-0.25, -0.2) is 4.79 Å². The third kappa shape index (κ3) is 4.46.